The van der Waals surface area contributed by atoms with Crippen LogP contribution in [0.5, 0.6) is 23.0 Å². The number of nitrogens with zero attached hydrogens (tertiary/aromatic N) is 1. The van der Waals surface area contributed by atoms with Gasteiger partial charge in [0.15, 0.2) is 11.5 Å². The molecular weight excluding hydrogens is 568 g/mol. The smallest absolute Gasteiger partial charge is 0.161 e. The summed E-state index contributed by atoms with van der Waals surface area (Å²) in [5.41, 5.74) is 1.82. The van der Waals surface area contributed by atoms with Crippen LogP contribution in [0.25, 0.3) is 0 Å². The summed E-state index contributed by atoms with van der Waals surface area (Å²) in [6.07, 6.45) is 11.6. The van der Waals surface area contributed by atoms with Gasteiger partial charge >= 0.3 is 0 Å². The predicted molar refractivity (Wildman–Crippen MR) is 183 cm³/mol. The van der Waals surface area contributed by atoms with E-state index in [-0.39, 0.29) is 0 Å². The van der Waals surface area contributed by atoms with Crippen molar-refractivity contribution in [1.82, 2.24) is 10.2 Å². The van der Waals surface area contributed by atoms with Gasteiger partial charge < -0.3 is 29.0 Å². The van der Waals surface area contributed by atoms with Gasteiger partial charge in [0.1, 0.15) is 24.4 Å². The molecular formula is C37H56N2O6. The maximum atomic E-state index is 10.6. The number of hydrogen-bond acceptors (Lipinski definition) is 8. The third kappa shape index (κ3) is 14.1. The monoisotopic (exact) mass is 624 g/mol. The summed E-state index contributed by atoms with van der Waals surface area (Å²) >= 11 is 0. The van der Waals surface area contributed by atoms with Crippen LogP contribution in [0.3, 0.4) is 0 Å². The maximum Gasteiger partial charge on any atom is 0.161 e. The highest BCUT2D eigenvalue weighted by molar-refractivity contribution is 5.76. The summed E-state index contributed by atoms with van der Waals surface area (Å²) in [6, 6.07) is 14.2. The van der Waals surface area contributed by atoms with Gasteiger partial charge in [-0.3, -0.25) is 9.69 Å². The third-order valence-electron chi connectivity index (χ3n) is 7.65. The highest BCUT2D eigenvalue weighted by Crippen LogP contribution is 2.27. The van der Waals surface area contributed by atoms with Gasteiger partial charge in [0.05, 0.1) is 20.3 Å². The summed E-state index contributed by atoms with van der Waals surface area (Å²) in [5.74, 6) is 3.50. The first kappa shape index (κ1) is 37.9. The number of likely N-dealkylation sites (N-methyl/N-ethyl adjacent to an activating group) is 1. The lowest BCUT2D eigenvalue weighted by Crippen LogP contribution is -2.50. The Hall–Kier alpha value is -3.33. The Morgan fingerprint density at radius 1 is 0.956 bits per heavy atom. The van der Waals surface area contributed by atoms with Crippen LogP contribution in [-0.2, 0) is 4.74 Å². The second kappa shape index (κ2) is 22.2. The molecule has 4 rings (SSSR count). The van der Waals surface area contributed by atoms with E-state index in [2.05, 4.69) is 49.3 Å². The molecule has 1 aliphatic heterocycles. The van der Waals surface area contributed by atoms with E-state index >= 15 is 0 Å². The quantitative estimate of drug-likeness (QED) is 0.168. The van der Waals surface area contributed by atoms with Gasteiger partial charge in [-0.05, 0) is 76.1 Å². The molecule has 1 N–H and O–H groups in total. The van der Waals surface area contributed by atoms with Crippen LogP contribution in [-0.4, -0.2) is 84.1 Å². The SMILES string of the molecule is CC.CC(C)N(C)[C@H]1CNC[C@@H](COc2cccc(OCC3=CCCC=C3)c2)C1.COCCCOc1cc(C=O)ccc1OC. The molecule has 8 heteroatoms. The van der Waals surface area contributed by atoms with Crippen molar-refractivity contribution in [2.75, 3.05) is 60.8 Å². The largest absolute Gasteiger partial charge is 0.493 e. The normalized spacial score (nSPS) is 17.3. The lowest BCUT2D eigenvalue weighted by atomic mass is 9.95. The van der Waals surface area contributed by atoms with Gasteiger partial charge in [0.2, 0.25) is 0 Å². The van der Waals surface area contributed by atoms with Crippen molar-refractivity contribution in [3.05, 3.63) is 71.8 Å². The number of methoxy groups -OCH3 is 2. The molecule has 1 aliphatic carbocycles. The van der Waals surface area contributed by atoms with E-state index in [0.717, 1.165) is 56.7 Å². The summed E-state index contributed by atoms with van der Waals surface area (Å²) in [4.78, 5) is 13.1. The van der Waals surface area contributed by atoms with Crippen LogP contribution in [0.1, 0.15) is 63.7 Å². The molecule has 2 atom stereocenters. The molecule has 0 aromatic heterocycles. The van der Waals surface area contributed by atoms with E-state index in [0.29, 0.717) is 54.9 Å². The topological polar surface area (TPSA) is 78.5 Å². The molecule has 45 heavy (non-hydrogen) atoms. The van der Waals surface area contributed by atoms with E-state index in [9.17, 15) is 4.79 Å². The van der Waals surface area contributed by atoms with Gasteiger partial charge in [-0.25, -0.2) is 0 Å². The van der Waals surface area contributed by atoms with E-state index in [1.54, 1.807) is 32.4 Å². The van der Waals surface area contributed by atoms with E-state index < -0.39 is 0 Å². The first-order valence-corrected chi connectivity index (χ1v) is 16.3. The van der Waals surface area contributed by atoms with Crippen LogP contribution in [0, 0.1) is 5.92 Å². The Bertz CT molecular complexity index is 1170. The minimum atomic E-state index is 0.534. The molecule has 1 heterocycles. The van der Waals surface area contributed by atoms with Crippen LogP contribution in [0.15, 0.2) is 66.3 Å². The number of allylic oxidation sites excluding steroid dienone is 2. The molecule has 2 aromatic rings. The number of ether oxygens (including phenoxy) is 5. The average Bonchev–Trinajstić information content (AvgIpc) is 3.09. The first-order chi connectivity index (χ1) is 21.9. The number of nitrogens with one attached hydrogen (secondary N) is 1. The molecule has 0 unspecified atom stereocenters. The highest BCUT2D eigenvalue weighted by atomic mass is 16.5. The molecule has 0 saturated carbocycles. The molecule has 0 amide bonds. The van der Waals surface area contributed by atoms with Gasteiger partial charge in [-0.2, -0.15) is 0 Å². The Morgan fingerprint density at radius 3 is 2.40 bits per heavy atom. The summed E-state index contributed by atoms with van der Waals surface area (Å²) in [6.45, 7) is 13.2. The summed E-state index contributed by atoms with van der Waals surface area (Å²) in [5, 5.41) is 3.57. The molecule has 1 saturated heterocycles. The Morgan fingerprint density at radius 2 is 1.73 bits per heavy atom. The van der Waals surface area contributed by atoms with Gasteiger partial charge in [-0.1, -0.05) is 38.1 Å². The van der Waals surface area contributed by atoms with Crippen molar-refractivity contribution in [3.8, 4) is 23.0 Å². The number of hydrogen-bond donors (Lipinski definition) is 1. The second-order valence-corrected chi connectivity index (χ2v) is 11.2. The van der Waals surface area contributed by atoms with Crippen LogP contribution in [0.2, 0.25) is 0 Å². The fourth-order valence-electron chi connectivity index (χ4n) is 4.94. The minimum absolute atomic E-state index is 0.534. The van der Waals surface area contributed by atoms with E-state index in [1.165, 1.54) is 12.0 Å². The number of benzene rings is 2. The Labute approximate surface area is 271 Å². The molecule has 1 fully saturated rings. The zero-order valence-corrected chi connectivity index (χ0v) is 28.6. The standard InChI is InChI=1S/C23H34N2O2.C12H16O4.C2H6/c1-18(2)25(3)21-12-20(14-24-15-21)17-27-23-11-7-10-22(13-23)26-16-19-8-5-4-6-9-19;1-14-6-3-7-16-12-8-10(9-13)4-5-11(12)15-2;1-2/h5,7-11,13,18,20-21,24H,4,6,12,14-17H2,1-3H3;4-5,8-9H,3,6-7H2,1-2H3;1-2H3/t20-,21+;;/m0../s1. The Balaban J connectivity index is 0.000000335. The highest BCUT2D eigenvalue weighted by Gasteiger charge is 2.26. The maximum absolute atomic E-state index is 10.6. The predicted octanol–water partition coefficient (Wildman–Crippen LogP) is 6.99. The van der Waals surface area contributed by atoms with Gasteiger partial charge in [0.25, 0.3) is 0 Å². The average molecular weight is 625 g/mol. The van der Waals surface area contributed by atoms with E-state index in [1.807, 2.05) is 38.1 Å². The summed E-state index contributed by atoms with van der Waals surface area (Å²) in [7, 11) is 5.43. The Kier molecular flexibility index (Phi) is 18.7. The molecule has 2 aromatic carbocycles. The molecule has 0 spiro atoms. The van der Waals surface area contributed by atoms with Gasteiger partial charge in [-0.15, -0.1) is 0 Å². The number of piperidine rings is 1. The van der Waals surface area contributed by atoms with Crippen LogP contribution >= 0.6 is 0 Å². The summed E-state index contributed by atoms with van der Waals surface area (Å²) < 4.78 is 27.6. The fraction of sp³-hybridized carbons (Fsp3) is 0.541. The zero-order valence-electron chi connectivity index (χ0n) is 28.6. The molecule has 8 nitrogen and oxygen atoms in total. The fourth-order valence-corrected chi connectivity index (χ4v) is 4.94. The van der Waals surface area contributed by atoms with Crippen LogP contribution < -0.4 is 24.3 Å². The lowest BCUT2D eigenvalue weighted by molar-refractivity contribution is 0.112. The van der Waals surface area contributed by atoms with Crippen molar-refractivity contribution in [2.24, 2.45) is 5.92 Å². The van der Waals surface area contributed by atoms with Crippen LogP contribution in [0.4, 0.5) is 0 Å². The molecule has 250 valence electrons. The first-order valence-electron chi connectivity index (χ1n) is 16.3. The van der Waals surface area contributed by atoms with Crippen molar-refractivity contribution < 1.29 is 28.5 Å². The number of carbonyl (C=O) groups excluding carboxylic acids is 1. The number of carbonyl (C=O) groups is 1. The van der Waals surface area contributed by atoms with Crippen molar-refractivity contribution >= 4 is 6.29 Å². The van der Waals surface area contributed by atoms with Crippen molar-refractivity contribution in [3.63, 3.8) is 0 Å². The molecule has 0 bridgehead atoms. The zero-order chi connectivity index (χ0) is 32.9. The van der Waals surface area contributed by atoms with Gasteiger partial charge in [0, 0.05) is 62.9 Å². The number of rotatable bonds is 15. The molecule has 0 radical (unpaired) electrons. The molecule has 2 aliphatic rings. The number of aldehydes is 1. The second-order valence-electron chi connectivity index (χ2n) is 11.2. The lowest BCUT2D eigenvalue weighted by Gasteiger charge is -2.37. The van der Waals surface area contributed by atoms with E-state index in [4.69, 9.17) is 23.7 Å². The van der Waals surface area contributed by atoms with Crippen molar-refractivity contribution in [1.29, 1.82) is 0 Å². The minimum Gasteiger partial charge on any atom is -0.493 e. The third-order valence-corrected chi connectivity index (χ3v) is 7.65. The van der Waals surface area contributed by atoms with Crippen molar-refractivity contribution in [2.45, 2.75) is 65.5 Å².